The molecular weight excluding hydrogens is 250 g/mol. The lowest BCUT2D eigenvalue weighted by Gasteiger charge is -2.10. The molecule has 0 radical (unpaired) electrons. The van der Waals surface area contributed by atoms with Crippen LogP contribution in [0.15, 0.2) is 36.4 Å². The highest BCUT2D eigenvalue weighted by atomic mass is 16.5. The number of methoxy groups -OCH3 is 1. The molecule has 20 heavy (non-hydrogen) atoms. The van der Waals surface area contributed by atoms with Gasteiger partial charge in [-0.1, -0.05) is 24.3 Å². The van der Waals surface area contributed by atoms with Gasteiger partial charge in [-0.05, 0) is 31.4 Å². The van der Waals surface area contributed by atoms with Crippen LogP contribution in [0.3, 0.4) is 0 Å². The Balaban J connectivity index is 2.31. The van der Waals surface area contributed by atoms with E-state index in [1.54, 1.807) is 7.11 Å². The van der Waals surface area contributed by atoms with Crippen LogP contribution in [0, 0.1) is 13.8 Å². The van der Waals surface area contributed by atoms with E-state index in [4.69, 9.17) is 4.74 Å². The molecule has 100 valence electrons. The molecule has 3 aromatic rings. The zero-order valence-electron chi connectivity index (χ0n) is 11.7. The highest BCUT2D eigenvalue weighted by Crippen LogP contribution is 2.32. The highest BCUT2D eigenvalue weighted by molar-refractivity contribution is 5.98. The molecule has 0 aliphatic carbocycles. The minimum Gasteiger partial charge on any atom is -0.496 e. The van der Waals surface area contributed by atoms with Crippen LogP contribution in [0.25, 0.3) is 22.2 Å². The number of fused-ring (bicyclic) bond motifs is 1. The Morgan fingerprint density at radius 1 is 0.800 bits per heavy atom. The molecule has 0 amide bonds. The first-order valence-electron chi connectivity index (χ1n) is 6.44. The van der Waals surface area contributed by atoms with Crippen molar-refractivity contribution in [3.05, 3.63) is 48.0 Å². The molecule has 0 atom stereocenters. The lowest BCUT2D eigenvalue weighted by molar-refractivity contribution is 0.420. The number of hydrogen-bond acceptors (Lipinski definition) is 4. The first-order valence-corrected chi connectivity index (χ1v) is 6.44. The van der Waals surface area contributed by atoms with Crippen LogP contribution in [-0.2, 0) is 0 Å². The van der Waals surface area contributed by atoms with E-state index >= 15 is 0 Å². The van der Waals surface area contributed by atoms with Crippen molar-refractivity contribution >= 4 is 10.8 Å². The summed E-state index contributed by atoms with van der Waals surface area (Å²) in [4.78, 5) is 13.1. The number of hydrogen-bond donors (Lipinski definition) is 0. The van der Waals surface area contributed by atoms with Crippen LogP contribution < -0.4 is 4.74 Å². The zero-order valence-corrected chi connectivity index (χ0v) is 11.7. The van der Waals surface area contributed by atoms with Crippen LogP contribution in [-0.4, -0.2) is 22.1 Å². The van der Waals surface area contributed by atoms with E-state index in [2.05, 4.69) is 21.0 Å². The molecular formula is C16H15N3O. The van der Waals surface area contributed by atoms with Gasteiger partial charge in [-0.15, -0.1) is 0 Å². The van der Waals surface area contributed by atoms with Gasteiger partial charge in [-0.25, -0.2) is 15.0 Å². The van der Waals surface area contributed by atoms with Crippen molar-refractivity contribution in [1.29, 1.82) is 0 Å². The minimum atomic E-state index is 0.703. The fourth-order valence-corrected chi connectivity index (χ4v) is 2.38. The first kappa shape index (κ1) is 12.5. The van der Waals surface area contributed by atoms with Crippen molar-refractivity contribution in [3.8, 4) is 17.1 Å². The molecule has 2 aromatic carbocycles. The van der Waals surface area contributed by atoms with Gasteiger partial charge in [0.2, 0.25) is 0 Å². The molecule has 0 saturated carbocycles. The molecule has 0 unspecified atom stereocenters. The maximum Gasteiger partial charge on any atom is 0.163 e. The van der Waals surface area contributed by atoms with E-state index in [1.807, 2.05) is 44.2 Å². The topological polar surface area (TPSA) is 47.9 Å². The van der Waals surface area contributed by atoms with Crippen molar-refractivity contribution in [3.63, 3.8) is 0 Å². The predicted molar refractivity (Wildman–Crippen MR) is 78.8 cm³/mol. The number of nitrogens with zero attached hydrogens (tertiary/aromatic N) is 3. The maximum absolute atomic E-state index is 5.41. The standard InChI is InChI=1S/C16H15N3O/c1-10-17-11(2)19-16(18-10)14-8-9-15(20-3)13-7-5-4-6-12(13)14/h4-9H,1-3H3. The third-order valence-corrected chi connectivity index (χ3v) is 3.20. The number of ether oxygens (including phenoxy) is 1. The Bertz CT molecular complexity index is 764. The average Bonchev–Trinajstić information content (AvgIpc) is 2.45. The van der Waals surface area contributed by atoms with Gasteiger partial charge >= 0.3 is 0 Å². The van der Waals surface area contributed by atoms with Gasteiger partial charge in [-0.2, -0.15) is 0 Å². The fraction of sp³-hybridized carbons (Fsp3) is 0.188. The number of aryl methyl sites for hydroxylation is 2. The van der Waals surface area contributed by atoms with Gasteiger partial charge in [-0.3, -0.25) is 0 Å². The molecule has 0 N–H and O–H groups in total. The number of aromatic nitrogens is 3. The van der Waals surface area contributed by atoms with Crippen molar-refractivity contribution in [2.24, 2.45) is 0 Å². The number of rotatable bonds is 2. The normalized spacial score (nSPS) is 10.8. The highest BCUT2D eigenvalue weighted by Gasteiger charge is 2.11. The van der Waals surface area contributed by atoms with Gasteiger partial charge in [0.05, 0.1) is 7.11 Å². The second kappa shape index (κ2) is 4.89. The van der Waals surface area contributed by atoms with Gasteiger partial charge in [0, 0.05) is 10.9 Å². The molecule has 0 spiro atoms. The Labute approximate surface area is 117 Å². The molecule has 0 aliphatic rings. The van der Waals surface area contributed by atoms with Gasteiger partial charge < -0.3 is 4.74 Å². The summed E-state index contributed by atoms with van der Waals surface area (Å²) in [5.74, 6) is 3.01. The van der Waals surface area contributed by atoms with Crippen LogP contribution in [0.5, 0.6) is 5.75 Å². The van der Waals surface area contributed by atoms with E-state index in [9.17, 15) is 0 Å². The van der Waals surface area contributed by atoms with Gasteiger partial charge in [0.1, 0.15) is 17.4 Å². The van der Waals surface area contributed by atoms with Crippen molar-refractivity contribution < 1.29 is 4.74 Å². The molecule has 0 aliphatic heterocycles. The Morgan fingerprint density at radius 3 is 2.10 bits per heavy atom. The molecule has 3 rings (SSSR count). The third-order valence-electron chi connectivity index (χ3n) is 3.20. The lowest BCUT2D eigenvalue weighted by Crippen LogP contribution is -1.99. The Kier molecular flexibility index (Phi) is 3.06. The molecule has 4 heteroatoms. The second-order valence-electron chi connectivity index (χ2n) is 4.61. The zero-order chi connectivity index (χ0) is 14.1. The molecule has 1 heterocycles. The molecule has 0 fully saturated rings. The van der Waals surface area contributed by atoms with Gasteiger partial charge in [0.15, 0.2) is 5.82 Å². The Morgan fingerprint density at radius 2 is 1.45 bits per heavy atom. The predicted octanol–water partition coefficient (Wildman–Crippen LogP) is 3.32. The summed E-state index contributed by atoms with van der Waals surface area (Å²) in [6.07, 6.45) is 0. The van der Waals surface area contributed by atoms with Crippen LogP contribution in [0.4, 0.5) is 0 Å². The fourth-order valence-electron chi connectivity index (χ4n) is 2.38. The van der Waals surface area contributed by atoms with E-state index in [0.29, 0.717) is 5.82 Å². The van der Waals surface area contributed by atoms with E-state index < -0.39 is 0 Å². The summed E-state index contributed by atoms with van der Waals surface area (Å²) >= 11 is 0. The largest absolute Gasteiger partial charge is 0.496 e. The Hall–Kier alpha value is -2.49. The lowest BCUT2D eigenvalue weighted by atomic mass is 10.0. The summed E-state index contributed by atoms with van der Waals surface area (Å²) in [5, 5.41) is 2.14. The van der Waals surface area contributed by atoms with Crippen molar-refractivity contribution in [2.75, 3.05) is 7.11 Å². The maximum atomic E-state index is 5.41. The van der Waals surface area contributed by atoms with Crippen molar-refractivity contribution in [2.45, 2.75) is 13.8 Å². The number of benzene rings is 2. The minimum absolute atomic E-state index is 0.703. The molecule has 0 saturated heterocycles. The van der Waals surface area contributed by atoms with Crippen LogP contribution >= 0.6 is 0 Å². The van der Waals surface area contributed by atoms with Crippen molar-refractivity contribution in [1.82, 2.24) is 15.0 Å². The smallest absolute Gasteiger partial charge is 0.163 e. The van der Waals surface area contributed by atoms with E-state index in [-0.39, 0.29) is 0 Å². The summed E-state index contributed by atoms with van der Waals surface area (Å²) < 4.78 is 5.41. The average molecular weight is 265 g/mol. The first-order chi connectivity index (χ1) is 9.69. The van der Waals surface area contributed by atoms with Crippen LogP contribution in [0.2, 0.25) is 0 Å². The SMILES string of the molecule is COc1ccc(-c2nc(C)nc(C)n2)c2ccccc12. The third kappa shape index (κ3) is 2.09. The summed E-state index contributed by atoms with van der Waals surface area (Å²) in [6.45, 7) is 3.76. The monoisotopic (exact) mass is 265 g/mol. The van der Waals surface area contributed by atoms with Gasteiger partial charge in [0.25, 0.3) is 0 Å². The van der Waals surface area contributed by atoms with Crippen LogP contribution in [0.1, 0.15) is 11.6 Å². The summed E-state index contributed by atoms with van der Waals surface area (Å²) in [5.41, 5.74) is 0.995. The molecule has 0 bridgehead atoms. The molecule has 1 aromatic heterocycles. The van der Waals surface area contributed by atoms with E-state index in [1.165, 1.54) is 0 Å². The quantitative estimate of drug-likeness (QED) is 0.713. The summed E-state index contributed by atoms with van der Waals surface area (Å²) in [6, 6.07) is 12.0. The summed E-state index contributed by atoms with van der Waals surface area (Å²) in [7, 11) is 1.68. The second-order valence-corrected chi connectivity index (χ2v) is 4.61. The molecule has 4 nitrogen and oxygen atoms in total. The van der Waals surface area contributed by atoms with E-state index in [0.717, 1.165) is 33.7 Å².